The standard InChI is InChI=1S/C36H34N2O4/c1-23-27(13-8-14-28(23)36(41)42)29-16-15-26(21-37-35(40)32-20-31(32)25-11-6-3-7-12-25)33-22-38(18-17-30(29)33)34(39)19-24-9-4-2-5-10-24/h2-16,31-32H,17-22H2,1H3,(H,37,40)(H,41,42). The van der Waals surface area contributed by atoms with E-state index in [9.17, 15) is 19.5 Å². The Bertz CT molecular complexity index is 1650. The molecule has 1 heterocycles. The van der Waals surface area contributed by atoms with E-state index in [0.29, 0.717) is 32.5 Å². The Morgan fingerprint density at radius 1 is 0.857 bits per heavy atom. The lowest BCUT2D eigenvalue weighted by atomic mass is 9.85. The number of fused-ring (bicyclic) bond motifs is 1. The molecule has 0 saturated heterocycles. The summed E-state index contributed by atoms with van der Waals surface area (Å²) in [6.07, 6.45) is 1.85. The maximum absolute atomic E-state index is 13.3. The van der Waals surface area contributed by atoms with E-state index in [1.165, 1.54) is 5.56 Å². The van der Waals surface area contributed by atoms with Crippen LogP contribution in [0.2, 0.25) is 0 Å². The van der Waals surface area contributed by atoms with Gasteiger partial charge in [-0.15, -0.1) is 0 Å². The van der Waals surface area contributed by atoms with E-state index in [1.54, 1.807) is 12.1 Å². The number of carbonyl (C=O) groups is 3. The molecule has 2 unspecified atom stereocenters. The van der Waals surface area contributed by atoms with Crippen LogP contribution in [0.5, 0.6) is 0 Å². The molecule has 1 aliphatic heterocycles. The molecule has 1 aliphatic carbocycles. The van der Waals surface area contributed by atoms with Crippen LogP contribution in [-0.4, -0.2) is 34.3 Å². The van der Waals surface area contributed by atoms with Gasteiger partial charge in [0.25, 0.3) is 0 Å². The van der Waals surface area contributed by atoms with Gasteiger partial charge in [0.2, 0.25) is 11.8 Å². The molecule has 6 heteroatoms. The Labute approximate surface area is 246 Å². The van der Waals surface area contributed by atoms with E-state index >= 15 is 0 Å². The average molecular weight is 559 g/mol. The van der Waals surface area contributed by atoms with Gasteiger partial charge in [0, 0.05) is 25.6 Å². The quantitative estimate of drug-likeness (QED) is 0.282. The van der Waals surface area contributed by atoms with Gasteiger partial charge in [0.1, 0.15) is 0 Å². The molecule has 4 aromatic carbocycles. The SMILES string of the molecule is Cc1c(C(=O)O)cccc1-c1ccc(CNC(=O)C2CC2c2ccccc2)c2c1CCN(C(=O)Cc1ccccc1)C2. The molecule has 2 aliphatic rings. The third kappa shape index (κ3) is 5.57. The summed E-state index contributed by atoms with van der Waals surface area (Å²) >= 11 is 0. The number of aromatic carboxylic acids is 1. The lowest BCUT2D eigenvalue weighted by Crippen LogP contribution is -2.38. The van der Waals surface area contributed by atoms with Crippen molar-refractivity contribution < 1.29 is 19.5 Å². The number of nitrogens with zero attached hydrogens (tertiary/aromatic N) is 1. The van der Waals surface area contributed by atoms with Gasteiger partial charge >= 0.3 is 5.97 Å². The Hall–Kier alpha value is -4.71. The highest BCUT2D eigenvalue weighted by Crippen LogP contribution is 2.47. The number of hydrogen-bond acceptors (Lipinski definition) is 3. The lowest BCUT2D eigenvalue weighted by Gasteiger charge is -2.32. The highest BCUT2D eigenvalue weighted by molar-refractivity contribution is 5.92. The molecule has 2 atom stereocenters. The van der Waals surface area contributed by atoms with E-state index in [1.807, 2.05) is 78.6 Å². The van der Waals surface area contributed by atoms with Crippen molar-refractivity contribution in [1.82, 2.24) is 10.2 Å². The highest BCUT2D eigenvalue weighted by Gasteiger charge is 2.43. The fraction of sp³-hybridized carbons (Fsp3) is 0.250. The number of hydrogen-bond donors (Lipinski definition) is 2. The third-order valence-corrected chi connectivity index (χ3v) is 8.72. The van der Waals surface area contributed by atoms with Gasteiger partial charge in [-0.2, -0.15) is 0 Å². The van der Waals surface area contributed by atoms with Crippen molar-refractivity contribution in [3.8, 4) is 11.1 Å². The molecule has 2 N–H and O–H groups in total. The van der Waals surface area contributed by atoms with E-state index < -0.39 is 5.97 Å². The molecule has 212 valence electrons. The summed E-state index contributed by atoms with van der Waals surface area (Å²) in [5.74, 6) is -0.584. The molecule has 6 nitrogen and oxygen atoms in total. The van der Waals surface area contributed by atoms with Crippen LogP contribution in [0, 0.1) is 12.8 Å². The van der Waals surface area contributed by atoms with E-state index in [-0.39, 0.29) is 29.2 Å². The number of benzene rings is 4. The average Bonchev–Trinajstić information content (AvgIpc) is 3.82. The van der Waals surface area contributed by atoms with Gasteiger partial charge in [-0.05, 0) is 76.3 Å². The van der Waals surface area contributed by atoms with Crippen molar-refractivity contribution in [2.75, 3.05) is 6.54 Å². The maximum Gasteiger partial charge on any atom is 0.335 e. The fourth-order valence-electron chi connectivity index (χ4n) is 6.28. The van der Waals surface area contributed by atoms with E-state index in [0.717, 1.165) is 45.4 Å². The van der Waals surface area contributed by atoms with Crippen molar-refractivity contribution in [2.45, 2.75) is 45.2 Å². The molecule has 1 saturated carbocycles. The van der Waals surface area contributed by atoms with Crippen LogP contribution in [0.15, 0.2) is 91.0 Å². The van der Waals surface area contributed by atoms with Crippen molar-refractivity contribution in [3.05, 3.63) is 130 Å². The molecule has 0 radical (unpaired) electrons. The predicted molar refractivity (Wildman–Crippen MR) is 162 cm³/mol. The number of rotatable bonds is 8. The molecule has 1 fully saturated rings. The summed E-state index contributed by atoms with van der Waals surface area (Å²) in [5, 5.41) is 12.9. The van der Waals surface area contributed by atoms with Crippen LogP contribution in [0.1, 0.15) is 56.1 Å². The molecule has 2 amide bonds. The first-order valence-corrected chi connectivity index (χ1v) is 14.5. The number of amides is 2. The first-order valence-electron chi connectivity index (χ1n) is 14.5. The van der Waals surface area contributed by atoms with Gasteiger partial charge in [0.15, 0.2) is 0 Å². The second kappa shape index (κ2) is 11.6. The zero-order valence-corrected chi connectivity index (χ0v) is 23.7. The molecular formula is C36H34N2O4. The van der Waals surface area contributed by atoms with Crippen molar-refractivity contribution in [2.24, 2.45) is 5.92 Å². The first-order chi connectivity index (χ1) is 20.4. The minimum Gasteiger partial charge on any atom is -0.478 e. The van der Waals surface area contributed by atoms with Crippen LogP contribution in [0.25, 0.3) is 11.1 Å². The molecular weight excluding hydrogens is 524 g/mol. The second-order valence-electron chi connectivity index (χ2n) is 11.3. The Kier molecular flexibility index (Phi) is 7.62. The second-order valence-corrected chi connectivity index (χ2v) is 11.3. The summed E-state index contributed by atoms with van der Waals surface area (Å²) in [5.41, 5.74) is 8.20. The number of carbonyl (C=O) groups excluding carboxylic acids is 2. The van der Waals surface area contributed by atoms with E-state index in [4.69, 9.17) is 0 Å². The van der Waals surface area contributed by atoms with Crippen molar-refractivity contribution in [1.29, 1.82) is 0 Å². The van der Waals surface area contributed by atoms with Crippen molar-refractivity contribution >= 4 is 17.8 Å². The molecule has 0 spiro atoms. The van der Waals surface area contributed by atoms with Gasteiger partial charge in [-0.3, -0.25) is 9.59 Å². The predicted octanol–water partition coefficient (Wildman–Crippen LogP) is 5.91. The van der Waals surface area contributed by atoms with Gasteiger partial charge < -0.3 is 15.3 Å². The van der Waals surface area contributed by atoms with Crippen LogP contribution in [0.4, 0.5) is 0 Å². The summed E-state index contributed by atoms with van der Waals surface area (Å²) < 4.78 is 0. The number of nitrogens with one attached hydrogen (secondary N) is 1. The maximum atomic E-state index is 13.3. The van der Waals surface area contributed by atoms with Crippen LogP contribution in [-0.2, 0) is 35.5 Å². The van der Waals surface area contributed by atoms with Gasteiger partial charge in [0.05, 0.1) is 12.0 Å². The van der Waals surface area contributed by atoms with Crippen LogP contribution < -0.4 is 5.32 Å². The molecule has 42 heavy (non-hydrogen) atoms. The third-order valence-electron chi connectivity index (χ3n) is 8.72. The Morgan fingerprint density at radius 3 is 2.33 bits per heavy atom. The Balaban J connectivity index is 1.27. The minimum atomic E-state index is -0.950. The minimum absolute atomic E-state index is 0.0205. The number of carboxylic acid groups (broad SMARTS) is 1. The van der Waals surface area contributed by atoms with E-state index in [2.05, 4.69) is 17.4 Å². The normalized spacial score (nSPS) is 17.3. The number of carboxylic acids is 1. The smallest absolute Gasteiger partial charge is 0.335 e. The molecule has 4 aromatic rings. The Morgan fingerprint density at radius 2 is 1.60 bits per heavy atom. The summed E-state index contributed by atoms with van der Waals surface area (Å²) in [6.45, 7) is 3.26. The molecule has 0 aromatic heterocycles. The van der Waals surface area contributed by atoms with Crippen LogP contribution in [0.3, 0.4) is 0 Å². The topological polar surface area (TPSA) is 86.7 Å². The zero-order valence-electron chi connectivity index (χ0n) is 23.7. The van der Waals surface area contributed by atoms with Crippen molar-refractivity contribution in [3.63, 3.8) is 0 Å². The zero-order chi connectivity index (χ0) is 29.2. The van der Waals surface area contributed by atoms with Crippen LogP contribution >= 0.6 is 0 Å². The summed E-state index contributed by atoms with van der Waals surface area (Å²) in [6, 6.07) is 29.4. The highest BCUT2D eigenvalue weighted by atomic mass is 16.4. The summed E-state index contributed by atoms with van der Waals surface area (Å²) in [4.78, 5) is 40.2. The summed E-state index contributed by atoms with van der Waals surface area (Å²) in [7, 11) is 0. The lowest BCUT2D eigenvalue weighted by molar-refractivity contribution is -0.131. The largest absolute Gasteiger partial charge is 0.478 e. The fourth-order valence-corrected chi connectivity index (χ4v) is 6.28. The molecule has 0 bridgehead atoms. The first kappa shape index (κ1) is 27.5. The van der Waals surface area contributed by atoms with Gasteiger partial charge in [-0.25, -0.2) is 4.79 Å². The molecule has 6 rings (SSSR count). The van der Waals surface area contributed by atoms with Gasteiger partial charge in [-0.1, -0.05) is 84.9 Å². The monoisotopic (exact) mass is 558 g/mol.